The molecule has 0 radical (unpaired) electrons. The van der Waals surface area contributed by atoms with Gasteiger partial charge in [0, 0.05) is 17.6 Å². The molecule has 0 aromatic heterocycles. The Hall–Kier alpha value is -2.04. The molecule has 6 heteroatoms. The third-order valence-corrected chi connectivity index (χ3v) is 6.06. The molecule has 3 rings (SSSR count). The first-order valence-electron chi connectivity index (χ1n) is 10.5. The molecule has 1 aliphatic carbocycles. The zero-order valence-electron chi connectivity index (χ0n) is 17.0. The summed E-state index contributed by atoms with van der Waals surface area (Å²) in [4.78, 5) is 27.9. The van der Waals surface area contributed by atoms with Gasteiger partial charge in [-0.25, -0.2) is 0 Å². The van der Waals surface area contributed by atoms with Crippen molar-refractivity contribution in [2.24, 2.45) is 0 Å². The summed E-state index contributed by atoms with van der Waals surface area (Å²) in [5, 5.41) is 3.79. The van der Waals surface area contributed by atoms with E-state index in [1.807, 2.05) is 30.3 Å². The van der Waals surface area contributed by atoms with Crippen LogP contribution in [0.15, 0.2) is 54.6 Å². The molecular weight excluding hydrogens is 419 g/mol. The summed E-state index contributed by atoms with van der Waals surface area (Å²) >= 11 is 12.0. The first-order chi connectivity index (χ1) is 14.6. The largest absolute Gasteiger partial charge is 0.351 e. The van der Waals surface area contributed by atoms with E-state index in [1.165, 1.54) is 12.8 Å². The van der Waals surface area contributed by atoms with E-state index < -0.39 is 6.04 Å². The van der Waals surface area contributed by atoms with Gasteiger partial charge in [0.1, 0.15) is 11.9 Å². The van der Waals surface area contributed by atoms with Crippen molar-refractivity contribution < 1.29 is 9.59 Å². The van der Waals surface area contributed by atoms with Crippen LogP contribution in [0.2, 0.25) is 5.02 Å². The van der Waals surface area contributed by atoms with E-state index in [1.54, 1.807) is 29.2 Å². The molecule has 0 heterocycles. The molecule has 2 aromatic rings. The number of hydrogen-bond acceptors (Lipinski definition) is 2. The second-order valence-electron chi connectivity index (χ2n) is 7.79. The monoisotopic (exact) mass is 446 g/mol. The number of halogens is 2. The summed E-state index contributed by atoms with van der Waals surface area (Å²) in [6.45, 7) is 0.303. The molecule has 4 nitrogen and oxygen atoms in total. The second-order valence-corrected chi connectivity index (χ2v) is 8.50. The molecule has 1 saturated carbocycles. The van der Waals surface area contributed by atoms with Crippen molar-refractivity contribution >= 4 is 35.0 Å². The first kappa shape index (κ1) is 22.6. The van der Waals surface area contributed by atoms with Gasteiger partial charge >= 0.3 is 0 Å². The number of alkyl halides is 1. The molecule has 1 N–H and O–H groups in total. The van der Waals surface area contributed by atoms with Crippen LogP contribution in [0.25, 0.3) is 0 Å². The van der Waals surface area contributed by atoms with Gasteiger partial charge in [-0.1, -0.05) is 79.7 Å². The van der Waals surface area contributed by atoms with E-state index in [2.05, 4.69) is 5.32 Å². The number of carbonyl (C=O) groups excluding carboxylic acids is 2. The van der Waals surface area contributed by atoms with Gasteiger partial charge in [-0.3, -0.25) is 9.59 Å². The summed E-state index contributed by atoms with van der Waals surface area (Å²) in [6, 6.07) is 16.1. The summed E-state index contributed by atoms with van der Waals surface area (Å²) in [5.41, 5.74) is 1.66. The van der Waals surface area contributed by atoms with Crippen molar-refractivity contribution in [3.05, 3.63) is 70.7 Å². The Bertz CT molecular complexity index is 819. The van der Waals surface area contributed by atoms with Gasteiger partial charge in [-0.15, -0.1) is 11.6 Å². The number of hydrogen-bond donors (Lipinski definition) is 1. The molecule has 0 aliphatic heterocycles. The van der Waals surface area contributed by atoms with Gasteiger partial charge in [0.15, 0.2) is 0 Å². The molecule has 1 atom stereocenters. The highest BCUT2D eigenvalue weighted by Crippen LogP contribution is 2.27. The fraction of sp³-hybridized carbons (Fsp3) is 0.417. The maximum atomic E-state index is 13.5. The lowest BCUT2D eigenvalue weighted by Gasteiger charge is -2.32. The fourth-order valence-electron chi connectivity index (χ4n) is 4.00. The average Bonchev–Trinajstić information content (AvgIpc) is 3.03. The minimum atomic E-state index is -0.767. The van der Waals surface area contributed by atoms with Gasteiger partial charge in [-0.2, -0.15) is 0 Å². The molecule has 0 unspecified atom stereocenters. The van der Waals surface area contributed by atoms with Crippen molar-refractivity contribution in [2.45, 2.75) is 57.2 Å². The van der Waals surface area contributed by atoms with Crippen LogP contribution in [-0.2, 0) is 16.1 Å². The number of nitrogens with one attached hydrogen (secondary N) is 1. The lowest BCUT2D eigenvalue weighted by Crippen LogP contribution is -2.46. The van der Waals surface area contributed by atoms with Crippen molar-refractivity contribution in [1.29, 1.82) is 0 Å². The highest BCUT2D eigenvalue weighted by molar-refractivity contribution is 6.30. The van der Waals surface area contributed by atoms with Crippen molar-refractivity contribution in [3.63, 3.8) is 0 Å². The van der Waals surface area contributed by atoms with Crippen molar-refractivity contribution in [2.75, 3.05) is 5.88 Å². The lowest BCUT2D eigenvalue weighted by atomic mass is 10.0. The smallest absolute Gasteiger partial charge is 0.247 e. The first-order valence-corrected chi connectivity index (χ1v) is 11.4. The zero-order chi connectivity index (χ0) is 21.3. The van der Waals surface area contributed by atoms with E-state index in [0.717, 1.165) is 36.8 Å². The summed E-state index contributed by atoms with van der Waals surface area (Å²) in [5.74, 6) is -0.636. The molecule has 30 heavy (non-hydrogen) atoms. The van der Waals surface area contributed by atoms with Crippen LogP contribution in [0.4, 0.5) is 0 Å². The van der Waals surface area contributed by atoms with Gasteiger partial charge in [0.2, 0.25) is 11.8 Å². The van der Waals surface area contributed by atoms with E-state index in [4.69, 9.17) is 23.2 Å². The molecular formula is C24H28Cl2N2O2. The average molecular weight is 447 g/mol. The molecule has 160 valence electrons. The standard InChI is InChI=1S/C24H28Cl2N2O2/c25-16-22(29)28(17-18-8-4-3-5-9-18)23(19-12-14-20(26)15-13-19)24(30)27-21-10-6-1-2-7-11-21/h3-5,8-9,12-15,21,23H,1-2,6-7,10-11,16-17H2,(H,27,30)/t23-/m0/s1. The number of rotatable bonds is 7. The third kappa shape index (κ3) is 6.23. The predicted molar refractivity (Wildman–Crippen MR) is 122 cm³/mol. The molecule has 0 bridgehead atoms. The van der Waals surface area contributed by atoms with Crippen LogP contribution in [0.5, 0.6) is 0 Å². The molecule has 2 aromatic carbocycles. The maximum absolute atomic E-state index is 13.5. The Kier molecular flexibility index (Phi) is 8.59. The minimum absolute atomic E-state index is 0.138. The van der Waals surface area contributed by atoms with Gasteiger partial charge in [-0.05, 0) is 36.1 Å². The number of amides is 2. The van der Waals surface area contributed by atoms with E-state index in [0.29, 0.717) is 11.6 Å². The van der Waals surface area contributed by atoms with E-state index in [9.17, 15) is 9.59 Å². The van der Waals surface area contributed by atoms with Crippen LogP contribution in [0, 0.1) is 0 Å². The van der Waals surface area contributed by atoms with Crippen LogP contribution in [0.1, 0.15) is 55.7 Å². The molecule has 1 aliphatic rings. The maximum Gasteiger partial charge on any atom is 0.247 e. The Labute approximate surface area is 188 Å². The fourth-order valence-corrected chi connectivity index (χ4v) is 4.28. The topological polar surface area (TPSA) is 49.4 Å². The van der Waals surface area contributed by atoms with Crippen LogP contribution in [-0.4, -0.2) is 28.6 Å². The number of carbonyl (C=O) groups is 2. The zero-order valence-corrected chi connectivity index (χ0v) is 18.5. The Balaban J connectivity index is 1.91. The van der Waals surface area contributed by atoms with Gasteiger partial charge < -0.3 is 10.2 Å². The second kappa shape index (κ2) is 11.4. The van der Waals surface area contributed by atoms with Crippen LogP contribution >= 0.6 is 23.2 Å². The molecule has 0 spiro atoms. The Morgan fingerprint density at radius 1 is 0.967 bits per heavy atom. The minimum Gasteiger partial charge on any atom is -0.351 e. The lowest BCUT2D eigenvalue weighted by molar-refractivity contribution is -0.140. The third-order valence-electron chi connectivity index (χ3n) is 5.58. The quantitative estimate of drug-likeness (QED) is 0.451. The highest BCUT2D eigenvalue weighted by atomic mass is 35.5. The highest BCUT2D eigenvalue weighted by Gasteiger charge is 2.32. The van der Waals surface area contributed by atoms with Crippen molar-refractivity contribution in [1.82, 2.24) is 10.2 Å². The normalized spacial score (nSPS) is 15.8. The molecule has 1 fully saturated rings. The van der Waals surface area contributed by atoms with Crippen molar-refractivity contribution in [3.8, 4) is 0 Å². The van der Waals surface area contributed by atoms with Crippen LogP contribution in [0.3, 0.4) is 0 Å². The summed E-state index contributed by atoms with van der Waals surface area (Å²) < 4.78 is 0. The van der Waals surface area contributed by atoms with Gasteiger partial charge in [0.25, 0.3) is 0 Å². The molecule has 2 amide bonds. The molecule has 0 saturated heterocycles. The van der Waals surface area contributed by atoms with Gasteiger partial charge in [0.05, 0.1) is 0 Å². The van der Waals surface area contributed by atoms with Crippen LogP contribution < -0.4 is 5.32 Å². The van der Waals surface area contributed by atoms with E-state index >= 15 is 0 Å². The Morgan fingerprint density at radius 3 is 2.20 bits per heavy atom. The number of benzene rings is 2. The predicted octanol–water partition coefficient (Wildman–Crippen LogP) is 5.49. The summed E-state index contributed by atoms with van der Waals surface area (Å²) in [7, 11) is 0. The van der Waals surface area contributed by atoms with E-state index in [-0.39, 0.29) is 23.7 Å². The Morgan fingerprint density at radius 2 is 1.60 bits per heavy atom. The SMILES string of the molecule is O=C(NC1CCCCCC1)[C@H](c1ccc(Cl)cc1)N(Cc1ccccc1)C(=O)CCl. The number of nitrogens with zero attached hydrogens (tertiary/aromatic N) is 1. The summed E-state index contributed by atoms with van der Waals surface area (Å²) in [6.07, 6.45) is 6.59.